The smallest absolute Gasteiger partial charge is 0.227 e. The first kappa shape index (κ1) is 15.4. The van der Waals surface area contributed by atoms with Gasteiger partial charge in [-0.1, -0.05) is 35.9 Å². The predicted molar refractivity (Wildman–Crippen MR) is 89.6 cm³/mol. The molecule has 0 saturated heterocycles. The van der Waals surface area contributed by atoms with E-state index in [4.69, 9.17) is 5.73 Å². The van der Waals surface area contributed by atoms with Gasteiger partial charge < -0.3 is 11.1 Å². The van der Waals surface area contributed by atoms with Gasteiger partial charge in [-0.15, -0.1) is 11.8 Å². The second kappa shape index (κ2) is 7.18. The Morgan fingerprint density at radius 3 is 2.71 bits per heavy atom. The van der Waals surface area contributed by atoms with Crippen molar-refractivity contribution in [1.82, 2.24) is 0 Å². The number of hydrogen-bond acceptors (Lipinski definition) is 3. The van der Waals surface area contributed by atoms with E-state index in [1.807, 2.05) is 24.3 Å². The monoisotopic (exact) mass is 300 g/mol. The molecule has 0 spiro atoms. The average Bonchev–Trinajstić information content (AvgIpc) is 2.47. The molecule has 0 aromatic heterocycles. The maximum atomic E-state index is 10.9. The number of hydrogen-bond donors (Lipinski definition) is 2. The number of rotatable bonds is 6. The summed E-state index contributed by atoms with van der Waals surface area (Å²) in [6.07, 6.45) is 0. The first-order chi connectivity index (χ1) is 10.1. The second-order valence-electron chi connectivity index (χ2n) is 5.03. The molecule has 0 unspecified atom stereocenters. The number of para-hydroxylation sites is 1. The minimum atomic E-state index is -0.302. The van der Waals surface area contributed by atoms with E-state index in [0.717, 1.165) is 17.1 Å². The topological polar surface area (TPSA) is 55.1 Å². The van der Waals surface area contributed by atoms with Gasteiger partial charge in [0.05, 0.1) is 5.75 Å². The van der Waals surface area contributed by atoms with Crippen molar-refractivity contribution in [2.45, 2.75) is 25.3 Å². The highest BCUT2D eigenvalue weighted by Gasteiger charge is 2.05. The van der Waals surface area contributed by atoms with Gasteiger partial charge in [0.15, 0.2) is 0 Å². The fraction of sp³-hybridized carbons (Fsp3) is 0.235. The molecule has 0 heterocycles. The molecule has 1 amide bonds. The number of carbonyl (C=O) groups is 1. The number of nitrogens with two attached hydrogens (primary N) is 1. The second-order valence-corrected chi connectivity index (χ2v) is 6.05. The summed E-state index contributed by atoms with van der Waals surface area (Å²) in [6, 6.07) is 14.4. The Balaban J connectivity index is 2.09. The lowest BCUT2D eigenvalue weighted by Crippen LogP contribution is -2.13. The number of nitrogens with one attached hydrogen (secondary N) is 1. The van der Waals surface area contributed by atoms with Gasteiger partial charge >= 0.3 is 0 Å². The van der Waals surface area contributed by atoms with Crippen molar-refractivity contribution in [1.29, 1.82) is 0 Å². The summed E-state index contributed by atoms with van der Waals surface area (Å²) in [6.45, 7) is 4.98. The van der Waals surface area contributed by atoms with E-state index in [-0.39, 0.29) is 5.91 Å². The molecule has 3 N–H and O–H groups in total. The maximum Gasteiger partial charge on any atom is 0.227 e. The van der Waals surface area contributed by atoms with Gasteiger partial charge in [-0.25, -0.2) is 0 Å². The van der Waals surface area contributed by atoms with E-state index in [1.54, 1.807) is 0 Å². The molecule has 0 saturated carbocycles. The molecule has 0 aliphatic rings. The van der Waals surface area contributed by atoms with Crippen LogP contribution in [0.2, 0.25) is 0 Å². The van der Waals surface area contributed by atoms with Gasteiger partial charge in [0.25, 0.3) is 0 Å². The van der Waals surface area contributed by atoms with Crippen molar-refractivity contribution < 1.29 is 4.79 Å². The summed E-state index contributed by atoms with van der Waals surface area (Å²) in [7, 11) is 0. The van der Waals surface area contributed by atoms with Crippen molar-refractivity contribution in [3.8, 4) is 0 Å². The predicted octanol–water partition coefficient (Wildman–Crippen LogP) is 3.49. The molecule has 0 bridgehead atoms. The van der Waals surface area contributed by atoms with Gasteiger partial charge in [0.1, 0.15) is 0 Å². The number of aryl methyl sites for hydroxylation is 2. The van der Waals surface area contributed by atoms with Gasteiger partial charge in [0, 0.05) is 17.1 Å². The van der Waals surface area contributed by atoms with E-state index in [2.05, 4.69) is 37.4 Å². The molecular formula is C17H20N2OS. The molecule has 4 heteroatoms. The lowest BCUT2D eigenvalue weighted by Gasteiger charge is -2.13. The van der Waals surface area contributed by atoms with Crippen molar-refractivity contribution in [3.63, 3.8) is 0 Å². The van der Waals surface area contributed by atoms with E-state index >= 15 is 0 Å². The largest absolute Gasteiger partial charge is 0.380 e. The van der Waals surface area contributed by atoms with E-state index in [0.29, 0.717) is 5.75 Å². The fourth-order valence-electron chi connectivity index (χ4n) is 2.07. The zero-order valence-electron chi connectivity index (χ0n) is 12.3. The van der Waals surface area contributed by atoms with Crippen LogP contribution in [-0.2, 0) is 11.3 Å². The first-order valence-electron chi connectivity index (χ1n) is 6.86. The van der Waals surface area contributed by atoms with Crippen LogP contribution in [0.4, 0.5) is 5.69 Å². The highest BCUT2D eigenvalue weighted by molar-refractivity contribution is 8.00. The Morgan fingerprint density at radius 2 is 1.95 bits per heavy atom. The van der Waals surface area contributed by atoms with Crippen LogP contribution in [-0.4, -0.2) is 11.7 Å². The molecule has 0 fully saturated rings. The summed E-state index contributed by atoms with van der Waals surface area (Å²) in [5.41, 5.74) is 10.1. The number of anilines is 1. The minimum absolute atomic E-state index is 0.294. The van der Waals surface area contributed by atoms with E-state index in [1.165, 1.54) is 28.5 Å². The van der Waals surface area contributed by atoms with Gasteiger partial charge in [-0.3, -0.25) is 4.79 Å². The Hall–Kier alpha value is -1.94. The number of amides is 1. The van der Waals surface area contributed by atoms with Gasteiger partial charge in [-0.05, 0) is 37.1 Å². The molecule has 0 atom stereocenters. The van der Waals surface area contributed by atoms with E-state index in [9.17, 15) is 4.79 Å². The van der Waals surface area contributed by atoms with Crippen LogP contribution in [0.15, 0.2) is 47.4 Å². The molecule has 0 aliphatic carbocycles. The third-order valence-electron chi connectivity index (χ3n) is 3.23. The molecule has 0 radical (unpaired) electrons. The minimum Gasteiger partial charge on any atom is -0.380 e. The Kier molecular flexibility index (Phi) is 5.28. The van der Waals surface area contributed by atoms with Crippen LogP contribution in [0.25, 0.3) is 0 Å². The number of thioether (sulfide) groups is 1. The van der Waals surface area contributed by atoms with Crippen LogP contribution in [0.5, 0.6) is 0 Å². The molecule has 0 aliphatic heterocycles. The molecule has 21 heavy (non-hydrogen) atoms. The normalized spacial score (nSPS) is 10.4. The van der Waals surface area contributed by atoms with Crippen molar-refractivity contribution >= 4 is 23.4 Å². The zero-order valence-corrected chi connectivity index (χ0v) is 13.2. The summed E-state index contributed by atoms with van der Waals surface area (Å²) in [4.78, 5) is 12.0. The summed E-state index contributed by atoms with van der Waals surface area (Å²) < 4.78 is 0. The van der Waals surface area contributed by atoms with Crippen LogP contribution >= 0.6 is 11.8 Å². The van der Waals surface area contributed by atoms with Gasteiger partial charge in [-0.2, -0.15) is 0 Å². The highest BCUT2D eigenvalue weighted by atomic mass is 32.2. The SMILES string of the molecule is Cc1ccc(C)c(CNc2ccccc2SCC(N)=O)c1. The molecule has 3 nitrogen and oxygen atoms in total. The Bertz CT molecular complexity index is 640. The summed E-state index contributed by atoms with van der Waals surface area (Å²) >= 11 is 1.46. The third-order valence-corrected chi connectivity index (χ3v) is 4.33. The lowest BCUT2D eigenvalue weighted by molar-refractivity contribution is -0.115. The maximum absolute atomic E-state index is 10.9. The first-order valence-corrected chi connectivity index (χ1v) is 7.85. The Morgan fingerprint density at radius 1 is 1.19 bits per heavy atom. The lowest BCUT2D eigenvalue weighted by atomic mass is 10.1. The quantitative estimate of drug-likeness (QED) is 0.803. The van der Waals surface area contributed by atoms with Crippen LogP contribution in [0.3, 0.4) is 0 Å². The fourth-order valence-corrected chi connectivity index (χ4v) is 2.84. The van der Waals surface area contributed by atoms with E-state index < -0.39 is 0 Å². The third kappa shape index (κ3) is 4.53. The van der Waals surface area contributed by atoms with Crippen LogP contribution < -0.4 is 11.1 Å². The molecule has 110 valence electrons. The van der Waals surface area contributed by atoms with Crippen molar-refractivity contribution in [2.24, 2.45) is 5.73 Å². The van der Waals surface area contributed by atoms with Gasteiger partial charge in [0.2, 0.25) is 5.91 Å². The number of primary amides is 1. The molecular weight excluding hydrogens is 280 g/mol. The zero-order chi connectivity index (χ0) is 15.2. The number of carbonyl (C=O) groups excluding carboxylic acids is 1. The van der Waals surface area contributed by atoms with Crippen molar-refractivity contribution in [3.05, 3.63) is 59.2 Å². The Labute approximate surface area is 129 Å². The van der Waals surface area contributed by atoms with Crippen molar-refractivity contribution in [2.75, 3.05) is 11.1 Å². The molecule has 2 rings (SSSR count). The highest BCUT2D eigenvalue weighted by Crippen LogP contribution is 2.27. The molecule has 2 aromatic carbocycles. The average molecular weight is 300 g/mol. The summed E-state index contributed by atoms with van der Waals surface area (Å²) in [5.74, 6) is -0.00773. The standard InChI is InChI=1S/C17H20N2OS/c1-12-7-8-13(2)14(9-12)10-19-15-5-3-4-6-16(15)21-11-17(18)20/h3-9,19H,10-11H2,1-2H3,(H2,18,20). The van der Waals surface area contributed by atoms with Crippen LogP contribution in [0, 0.1) is 13.8 Å². The number of benzene rings is 2. The summed E-state index contributed by atoms with van der Waals surface area (Å²) in [5, 5.41) is 3.45. The molecule has 2 aromatic rings. The van der Waals surface area contributed by atoms with Crippen LogP contribution in [0.1, 0.15) is 16.7 Å².